The van der Waals surface area contributed by atoms with E-state index < -0.39 is 14.8 Å². The smallest absolute Gasteiger partial charge is 0.327 e. The molecule has 6 N–H and O–H groups in total. The van der Waals surface area contributed by atoms with Crippen LogP contribution in [0.4, 0.5) is 0 Å². The van der Waals surface area contributed by atoms with Gasteiger partial charge in [-0.1, -0.05) is 0 Å². The Balaban J connectivity index is 2.93. The number of nitrogens with two attached hydrogens (primary N) is 2. The van der Waals surface area contributed by atoms with Gasteiger partial charge in [-0.25, -0.2) is 0 Å². The van der Waals surface area contributed by atoms with Gasteiger partial charge in [0.15, 0.2) is 0 Å². The Morgan fingerprint density at radius 2 is 2.00 bits per heavy atom. The van der Waals surface area contributed by atoms with Gasteiger partial charge in [-0.05, 0) is 0 Å². The standard InChI is InChI=1S/C2H9N2O3P/c3-2(4)1-7-8(5)6/h2,5-6H,1,3-4H2. The van der Waals surface area contributed by atoms with Crippen LogP contribution in [0.5, 0.6) is 0 Å². The van der Waals surface area contributed by atoms with Crippen molar-refractivity contribution in [2.75, 3.05) is 6.61 Å². The van der Waals surface area contributed by atoms with Crippen LogP contribution >= 0.6 is 8.60 Å². The third kappa shape index (κ3) is 6.23. The summed E-state index contributed by atoms with van der Waals surface area (Å²) in [6, 6.07) is 0. The molecule has 0 spiro atoms. The molecule has 0 aromatic rings. The zero-order chi connectivity index (χ0) is 6.57. The summed E-state index contributed by atoms with van der Waals surface area (Å²) in [6.07, 6.45) is -0.640. The van der Waals surface area contributed by atoms with Crippen LogP contribution in [-0.4, -0.2) is 22.6 Å². The van der Waals surface area contributed by atoms with Crippen molar-refractivity contribution in [2.24, 2.45) is 11.5 Å². The first kappa shape index (κ1) is 8.23. The van der Waals surface area contributed by atoms with Crippen LogP contribution in [0.3, 0.4) is 0 Å². The van der Waals surface area contributed by atoms with Crippen molar-refractivity contribution in [3.63, 3.8) is 0 Å². The summed E-state index contributed by atoms with van der Waals surface area (Å²) in [7, 11) is -2.29. The topological polar surface area (TPSA) is 102 Å². The summed E-state index contributed by atoms with van der Waals surface area (Å²) in [6.45, 7) is -0.0291. The van der Waals surface area contributed by atoms with Crippen molar-refractivity contribution >= 4 is 8.60 Å². The molecule has 0 fully saturated rings. The van der Waals surface area contributed by atoms with Gasteiger partial charge in [0, 0.05) is 0 Å². The van der Waals surface area contributed by atoms with E-state index in [0.29, 0.717) is 0 Å². The summed E-state index contributed by atoms with van der Waals surface area (Å²) >= 11 is 0. The summed E-state index contributed by atoms with van der Waals surface area (Å²) in [4.78, 5) is 16.2. The minimum absolute atomic E-state index is 0.0291. The third-order valence-corrected chi connectivity index (χ3v) is 0.762. The van der Waals surface area contributed by atoms with Gasteiger partial charge in [0.25, 0.3) is 0 Å². The van der Waals surface area contributed by atoms with E-state index in [1.165, 1.54) is 0 Å². The molecule has 0 saturated heterocycles. The average molecular weight is 140 g/mol. The largest absolute Gasteiger partial charge is 0.328 e. The fourth-order valence-corrected chi connectivity index (χ4v) is 0.458. The molecule has 0 amide bonds. The van der Waals surface area contributed by atoms with Crippen LogP contribution in [0.1, 0.15) is 0 Å². The van der Waals surface area contributed by atoms with Gasteiger partial charge in [-0.15, -0.1) is 0 Å². The molecule has 0 aliphatic carbocycles. The van der Waals surface area contributed by atoms with Crippen molar-refractivity contribution in [1.82, 2.24) is 0 Å². The highest BCUT2D eigenvalue weighted by atomic mass is 31.2. The highest BCUT2D eigenvalue weighted by Gasteiger charge is 1.99. The highest BCUT2D eigenvalue weighted by Crippen LogP contribution is 2.23. The normalized spacial score (nSPS) is 11.2. The zero-order valence-electron chi connectivity index (χ0n) is 4.19. The van der Waals surface area contributed by atoms with E-state index in [1.54, 1.807) is 0 Å². The van der Waals surface area contributed by atoms with E-state index in [0.717, 1.165) is 0 Å². The Morgan fingerprint density at radius 3 is 2.12 bits per heavy atom. The van der Waals surface area contributed by atoms with Crippen molar-refractivity contribution in [3.05, 3.63) is 0 Å². The minimum atomic E-state index is -2.29. The van der Waals surface area contributed by atoms with Gasteiger partial charge in [0.2, 0.25) is 0 Å². The van der Waals surface area contributed by atoms with Gasteiger partial charge in [-0.3, -0.25) is 0 Å². The minimum Gasteiger partial charge on any atom is -0.328 e. The Labute approximate surface area is 48.2 Å². The highest BCUT2D eigenvalue weighted by molar-refractivity contribution is 7.39. The molecule has 50 valence electrons. The zero-order valence-corrected chi connectivity index (χ0v) is 5.08. The first-order valence-corrected chi connectivity index (χ1v) is 3.11. The van der Waals surface area contributed by atoms with E-state index >= 15 is 0 Å². The molecule has 0 saturated carbocycles. The van der Waals surface area contributed by atoms with Crippen LogP contribution < -0.4 is 11.5 Å². The van der Waals surface area contributed by atoms with E-state index in [1.807, 2.05) is 0 Å². The SMILES string of the molecule is NC(N)COP(O)O. The lowest BCUT2D eigenvalue weighted by atomic mass is 10.6. The third-order valence-electron chi connectivity index (χ3n) is 0.382. The maximum atomic E-state index is 8.09. The second-order valence-electron chi connectivity index (χ2n) is 1.21. The van der Waals surface area contributed by atoms with Crippen molar-refractivity contribution in [1.29, 1.82) is 0 Å². The number of rotatable bonds is 3. The lowest BCUT2D eigenvalue weighted by Gasteiger charge is -2.05. The van der Waals surface area contributed by atoms with Crippen molar-refractivity contribution in [2.45, 2.75) is 6.17 Å². The Morgan fingerprint density at radius 1 is 1.50 bits per heavy atom. The fourth-order valence-electron chi connectivity index (χ4n) is 0.153. The monoisotopic (exact) mass is 140 g/mol. The second kappa shape index (κ2) is 4.14. The second-order valence-corrected chi connectivity index (χ2v) is 1.98. The van der Waals surface area contributed by atoms with Gasteiger partial charge in [0.05, 0.1) is 12.8 Å². The molecule has 6 heteroatoms. The van der Waals surface area contributed by atoms with E-state index in [-0.39, 0.29) is 6.61 Å². The molecule has 0 bridgehead atoms. The first-order valence-electron chi connectivity index (χ1n) is 1.95. The predicted molar refractivity (Wildman–Crippen MR) is 29.5 cm³/mol. The molecular formula is C2H9N2O3P. The molecule has 0 heterocycles. The summed E-state index contributed by atoms with van der Waals surface area (Å²) in [5, 5.41) is 0. The van der Waals surface area contributed by atoms with Gasteiger partial charge in [0.1, 0.15) is 0 Å². The Hall–Kier alpha value is 0.230. The van der Waals surface area contributed by atoms with Gasteiger partial charge >= 0.3 is 8.60 Å². The molecule has 0 aliphatic heterocycles. The van der Waals surface area contributed by atoms with Crippen molar-refractivity contribution in [3.8, 4) is 0 Å². The quantitative estimate of drug-likeness (QED) is 0.281. The van der Waals surface area contributed by atoms with Gasteiger partial charge in [-0.2, -0.15) is 0 Å². The molecular weight excluding hydrogens is 131 g/mol. The Kier molecular flexibility index (Phi) is 4.26. The molecule has 0 rings (SSSR count). The van der Waals surface area contributed by atoms with Crippen LogP contribution in [0, 0.1) is 0 Å². The summed E-state index contributed by atoms with van der Waals surface area (Å²) in [5.74, 6) is 0. The predicted octanol–water partition coefficient (Wildman–Crippen LogP) is -1.54. The van der Waals surface area contributed by atoms with E-state index in [2.05, 4.69) is 4.52 Å². The molecule has 0 radical (unpaired) electrons. The Bertz CT molecular complexity index is 51.2. The number of hydrogen-bond donors (Lipinski definition) is 4. The van der Waals surface area contributed by atoms with Gasteiger partial charge < -0.3 is 25.8 Å². The maximum absolute atomic E-state index is 8.09. The molecule has 0 atom stereocenters. The van der Waals surface area contributed by atoms with Crippen LogP contribution in [-0.2, 0) is 4.52 Å². The maximum Gasteiger partial charge on any atom is 0.327 e. The lowest BCUT2D eigenvalue weighted by molar-refractivity contribution is 0.239. The summed E-state index contributed by atoms with van der Waals surface area (Å²) < 4.78 is 4.23. The van der Waals surface area contributed by atoms with E-state index in [9.17, 15) is 0 Å². The summed E-state index contributed by atoms with van der Waals surface area (Å²) in [5.41, 5.74) is 9.96. The lowest BCUT2D eigenvalue weighted by Crippen LogP contribution is -2.34. The molecule has 8 heavy (non-hydrogen) atoms. The molecule has 0 unspecified atom stereocenters. The number of hydrogen-bond acceptors (Lipinski definition) is 5. The molecule has 0 aromatic carbocycles. The van der Waals surface area contributed by atoms with E-state index in [4.69, 9.17) is 21.3 Å². The van der Waals surface area contributed by atoms with Crippen molar-refractivity contribution < 1.29 is 14.3 Å². The fraction of sp³-hybridized carbons (Fsp3) is 1.00. The average Bonchev–Trinajstić information content (AvgIpc) is 1.61. The molecule has 0 aromatic heterocycles. The van der Waals surface area contributed by atoms with Crippen LogP contribution in [0.15, 0.2) is 0 Å². The molecule has 5 nitrogen and oxygen atoms in total. The first-order chi connectivity index (χ1) is 3.63. The molecule has 0 aliphatic rings. The van der Waals surface area contributed by atoms with Crippen LogP contribution in [0.2, 0.25) is 0 Å². The van der Waals surface area contributed by atoms with Crippen LogP contribution in [0.25, 0.3) is 0 Å².